The minimum Gasteiger partial charge on any atom is -0.478 e. The minimum absolute atomic E-state index is 0.00702. The first kappa shape index (κ1) is 36.6. The van der Waals surface area contributed by atoms with Gasteiger partial charge < -0.3 is 15.6 Å². The molecule has 2 heterocycles. The Kier molecular flexibility index (Phi) is 11.4. The van der Waals surface area contributed by atoms with Gasteiger partial charge in [0.1, 0.15) is 10.00 Å². The van der Waals surface area contributed by atoms with Gasteiger partial charge in [-0.3, -0.25) is 20.2 Å². The van der Waals surface area contributed by atoms with E-state index in [1.165, 1.54) is 42.7 Å². The summed E-state index contributed by atoms with van der Waals surface area (Å²) in [5, 5.41) is 34.8. The Morgan fingerprint density at radius 2 is 1.43 bits per heavy atom. The summed E-state index contributed by atoms with van der Waals surface area (Å²) in [5.74, 6) is -1.77. The molecule has 3 N–H and O–H groups in total. The quantitative estimate of drug-likeness (QED) is 0.0613. The number of rotatable bonds is 9. The smallest absolute Gasteiger partial charge is 0.338 e. The number of thiazole rings is 1. The molecule has 6 rings (SSSR count). The van der Waals surface area contributed by atoms with Gasteiger partial charge in [0.05, 0.1) is 53.6 Å². The summed E-state index contributed by atoms with van der Waals surface area (Å²) in [6, 6.07) is 25.7. The van der Waals surface area contributed by atoms with Gasteiger partial charge in [0, 0.05) is 39.8 Å². The molecule has 0 bridgehead atoms. The first-order valence-corrected chi connectivity index (χ1v) is 17.4. The van der Waals surface area contributed by atoms with Crippen LogP contribution in [0.1, 0.15) is 26.3 Å². The molecule has 51 heavy (non-hydrogen) atoms. The molecule has 0 saturated heterocycles. The lowest BCUT2D eigenvalue weighted by atomic mass is 9.96. The lowest BCUT2D eigenvalue weighted by Crippen LogP contribution is -2.12. The molecule has 0 unspecified atom stereocenters. The van der Waals surface area contributed by atoms with Gasteiger partial charge in [-0.2, -0.15) is 0 Å². The summed E-state index contributed by atoms with van der Waals surface area (Å²) in [7, 11) is 1.24. The van der Waals surface area contributed by atoms with Crippen LogP contribution in [0.4, 0.5) is 11.4 Å². The fourth-order valence-corrected chi connectivity index (χ4v) is 7.36. The predicted octanol–water partition coefficient (Wildman–Crippen LogP) is 9.26. The number of carboxylic acids is 1. The largest absolute Gasteiger partial charge is 0.478 e. The number of aromatic nitrogens is 1. The van der Waals surface area contributed by atoms with E-state index in [0.29, 0.717) is 32.8 Å². The number of ether oxygens (including phenoxy) is 1. The van der Waals surface area contributed by atoms with Crippen LogP contribution in [-0.4, -0.2) is 44.0 Å². The normalized spacial score (nSPS) is 10.5. The van der Waals surface area contributed by atoms with Crippen molar-refractivity contribution in [2.24, 2.45) is 5.73 Å². The number of carboxylic acid groups (broad SMARTS) is 1. The SMILES string of the molecule is COC(=O)c1cc(C(N)=S)ccc1-c1ccccc1[N+](=O)[O-].O=C(O)c1cc(-c2nc(-c3ccc(Br)s3)cs2)ccc1-c1ccccc1[N+](=O)[O-]. The van der Waals surface area contributed by atoms with Crippen molar-refractivity contribution in [1.29, 1.82) is 0 Å². The van der Waals surface area contributed by atoms with Crippen LogP contribution in [0.25, 0.3) is 43.4 Å². The topological polar surface area (TPSA) is 189 Å². The van der Waals surface area contributed by atoms with Crippen LogP contribution in [0.3, 0.4) is 0 Å². The molecule has 2 aromatic heterocycles. The molecule has 0 aliphatic rings. The molecule has 256 valence electrons. The van der Waals surface area contributed by atoms with E-state index in [9.17, 15) is 34.9 Å². The summed E-state index contributed by atoms with van der Waals surface area (Å²) in [6.45, 7) is 0. The lowest BCUT2D eigenvalue weighted by Gasteiger charge is -2.10. The second-order valence-corrected chi connectivity index (χ2v) is 14.1. The Balaban J connectivity index is 0.000000206. The summed E-state index contributed by atoms with van der Waals surface area (Å²) in [6.07, 6.45) is 0. The number of nitrogens with zero attached hydrogens (tertiary/aromatic N) is 3. The average molecular weight is 804 g/mol. The van der Waals surface area contributed by atoms with E-state index in [0.717, 1.165) is 14.4 Å². The van der Waals surface area contributed by atoms with Crippen LogP contribution in [0.15, 0.2) is 106 Å². The minimum atomic E-state index is -1.15. The van der Waals surface area contributed by atoms with E-state index in [-0.39, 0.29) is 33.1 Å². The van der Waals surface area contributed by atoms with Crippen LogP contribution >= 0.6 is 50.8 Å². The number of esters is 1. The Hall–Kier alpha value is -5.68. The van der Waals surface area contributed by atoms with Crippen molar-refractivity contribution in [2.45, 2.75) is 0 Å². The van der Waals surface area contributed by atoms with E-state index in [1.54, 1.807) is 72.0 Å². The Labute approximate surface area is 311 Å². The number of thiocarbonyl (C=S) groups is 1. The number of para-hydroxylation sites is 2. The van der Waals surface area contributed by atoms with Gasteiger partial charge in [-0.25, -0.2) is 14.6 Å². The molecule has 0 aliphatic heterocycles. The van der Waals surface area contributed by atoms with Gasteiger partial charge in [0.2, 0.25) is 0 Å². The molecule has 0 spiro atoms. The number of benzene rings is 4. The second kappa shape index (κ2) is 15.9. The molecule has 0 amide bonds. The third-order valence-electron chi connectivity index (χ3n) is 7.32. The van der Waals surface area contributed by atoms with Gasteiger partial charge in [-0.15, -0.1) is 22.7 Å². The molecule has 0 radical (unpaired) electrons. The Bertz CT molecular complexity index is 2340. The van der Waals surface area contributed by atoms with Crippen molar-refractivity contribution in [3.8, 4) is 43.4 Å². The summed E-state index contributed by atoms with van der Waals surface area (Å²) >= 11 is 11.3. The van der Waals surface area contributed by atoms with Crippen molar-refractivity contribution in [2.75, 3.05) is 7.11 Å². The number of thiophene rings is 1. The van der Waals surface area contributed by atoms with Gasteiger partial charge in [-0.05, 0) is 52.3 Å². The molecule has 0 saturated carbocycles. The molecule has 16 heteroatoms. The Morgan fingerprint density at radius 3 is 1.96 bits per heavy atom. The third-order valence-corrected chi connectivity index (χ3v) is 10.1. The molecule has 0 atom stereocenters. The number of hydrogen-bond donors (Lipinski definition) is 2. The summed E-state index contributed by atoms with van der Waals surface area (Å²) in [4.78, 5) is 51.1. The van der Waals surface area contributed by atoms with Gasteiger partial charge in [0.15, 0.2) is 0 Å². The standard InChI is InChI=1S/C20H11BrN2O4S2.C15H12N2O4S/c21-18-8-7-17(29-18)15-10-28-19(22-15)11-5-6-12(14(9-11)20(24)25)13-3-1-2-4-16(13)23(26)27;1-21-15(18)12-8-9(14(16)22)6-7-10(12)11-4-2-3-5-13(11)17(19)20/h1-10H,(H,24,25);2-8H,1H3,(H2,16,22). The first-order valence-electron chi connectivity index (χ1n) is 14.5. The Morgan fingerprint density at radius 1 is 0.843 bits per heavy atom. The van der Waals surface area contributed by atoms with Gasteiger partial charge in [-0.1, -0.05) is 60.7 Å². The first-order chi connectivity index (χ1) is 24.4. The van der Waals surface area contributed by atoms with Crippen LogP contribution in [0, 0.1) is 20.2 Å². The molecule has 4 aromatic carbocycles. The third kappa shape index (κ3) is 8.21. The maximum Gasteiger partial charge on any atom is 0.338 e. The summed E-state index contributed by atoms with van der Waals surface area (Å²) in [5.41, 5.74) is 8.72. The zero-order valence-corrected chi connectivity index (χ0v) is 30.2. The molecule has 0 fully saturated rings. The van der Waals surface area contributed by atoms with Crippen molar-refractivity contribution in [3.05, 3.63) is 143 Å². The van der Waals surface area contributed by atoms with Crippen molar-refractivity contribution in [1.82, 2.24) is 4.98 Å². The molecular weight excluding hydrogens is 781 g/mol. The zero-order chi connectivity index (χ0) is 36.8. The molecule has 0 aliphatic carbocycles. The number of carbonyl (C=O) groups excluding carboxylic acids is 1. The van der Waals surface area contributed by atoms with Crippen molar-refractivity contribution in [3.63, 3.8) is 0 Å². The number of nitrogens with two attached hydrogens (primary N) is 1. The fourth-order valence-electron chi connectivity index (χ4n) is 4.99. The van der Waals surface area contributed by atoms with Crippen LogP contribution in [-0.2, 0) is 4.74 Å². The number of halogens is 1. The predicted molar refractivity (Wildman–Crippen MR) is 203 cm³/mol. The van der Waals surface area contributed by atoms with Crippen molar-refractivity contribution < 1.29 is 29.3 Å². The molecular formula is C35H23BrN4O8S3. The highest BCUT2D eigenvalue weighted by Gasteiger charge is 2.23. The van der Waals surface area contributed by atoms with E-state index in [1.807, 2.05) is 17.5 Å². The van der Waals surface area contributed by atoms with E-state index in [4.69, 9.17) is 22.7 Å². The average Bonchev–Trinajstić information content (AvgIpc) is 3.80. The molecule has 12 nitrogen and oxygen atoms in total. The fraction of sp³-hybridized carbons (Fsp3) is 0.0286. The maximum absolute atomic E-state index is 12.0. The highest BCUT2D eigenvalue weighted by Crippen LogP contribution is 2.38. The van der Waals surface area contributed by atoms with E-state index < -0.39 is 21.8 Å². The van der Waals surface area contributed by atoms with E-state index in [2.05, 4.69) is 20.9 Å². The number of methoxy groups -OCH3 is 1. The monoisotopic (exact) mass is 802 g/mol. The van der Waals surface area contributed by atoms with Crippen LogP contribution < -0.4 is 5.73 Å². The van der Waals surface area contributed by atoms with Crippen LogP contribution in [0.5, 0.6) is 0 Å². The van der Waals surface area contributed by atoms with E-state index >= 15 is 0 Å². The second-order valence-electron chi connectivity index (χ2n) is 10.4. The number of aromatic carboxylic acids is 1. The summed E-state index contributed by atoms with van der Waals surface area (Å²) < 4.78 is 5.74. The van der Waals surface area contributed by atoms with Crippen LogP contribution in [0.2, 0.25) is 0 Å². The highest BCUT2D eigenvalue weighted by atomic mass is 79.9. The van der Waals surface area contributed by atoms with Gasteiger partial charge >= 0.3 is 11.9 Å². The molecule has 6 aromatic rings. The maximum atomic E-state index is 12.0. The highest BCUT2D eigenvalue weighted by molar-refractivity contribution is 9.11. The van der Waals surface area contributed by atoms with Gasteiger partial charge in [0.25, 0.3) is 11.4 Å². The number of carbonyl (C=O) groups is 2. The number of nitro benzene ring substituents is 2. The van der Waals surface area contributed by atoms with Crippen molar-refractivity contribution >= 4 is 79.1 Å². The number of hydrogen-bond acceptors (Lipinski definition) is 11. The number of nitro groups is 2. The lowest BCUT2D eigenvalue weighted by molar-refractivity contribution is -0.384. The zero-order valence-electron chi connectivity index (χ0n) is 26.1.